The monoisotopic (exact) mass is 391 g/mol. The number of hydrogen-bond acceptors (Lipinski definition) is 5. The molecule has 2 N–H and O–H groups in total. The Kier molecular flexibility index (Phi) is 5.71. The summed E-state index contributed by atoms with van der Waals surface area (Å²) in [4.78, 5) is 22.9. The van der Waals surface area contributed by atoms with E-state index in [9.17, 15) is 9.59 Å². The molecule has 0 unspecified atom stereocenters. The van der Waals surface area contributed by atoms with Crippen molar-refractivity contribution in [1.29, 1.82) is 0 Å². The largest absolute Gasteiger partial charge is 0.486 e. The van der Waals surface area contributed by atoms with Gasteiger partial charge in [-0.25, -0.2) is 4.79 Å². The summed E-state index contributed by atoms with van der Waals surface area (Å²) < 4.78 is 16.1. The number of aliphatic carboxylic acids is 1. The number of carbonyl (C=O) groups excluding carboxylic acids is 1. The van der Waals surface area contributed by atoms with Gasteiger partial charge in [0, 0.05) is 5.69 Å². The molecule has 0 saturated heterocycles. The third kappa shape index (κ3) is 4.83. The molecule has 0 radical (unpaired) electrons. The first-order chi connectivity index (χ1) is 12.9. The Hall–Kier alpha value is -2.93. The summed E-state index contributed by atoms with van der Waals surface area (Å²) in [6.07, 6.45) is 0.118. The van der Waals surface area contributed by atoms with Gasteiger partial charge in [-0.05, 0) is 48.4 Å². The van der Waals surface area contributed by atoms with E-state index in [1.807, 2.05) is 0 Å². The average molecular weight is 392 g/mol. The van der Waals surface area contributed by atoms with Crippen LogP contribution in [-0.4, -0.2) is 36.8 Å². The molecule has 2 aromatic carbocycles. The molecule has 0 spiro atoms. The Morgan fingerprint density at radius 2 is 2.00 bits per heavy atom. The van der Waals surface area contributed by atoms with Gasteiger partial charge in [-0.2, -0.15) is 0 Å². The smallest absolute Gasteiger partial charge is 0.341 e. The van der Waals surface area contributed by atoms with Gasteiger partial charge >= 0.3 is 5.97 Å². The second-order valence-electron chi connectivity index (χ2n) is 5.99. The highest BCUT2D eigenvalue weighted by Crippen LogP contribution is 2.38. The zero-order chi connectivity index (χ0) is 19.4. The van der Waals surface area contributed by atoms with Crippen molar-refractivity contribution in [2.45, 2.75) is 13.3 Å². The minimum Gasteiger partial charge on any atom is -0.486 e. The number of amides is 1. The number of carboxylic acid groups (broad SMARTS) is 1. The first-order valence-corrected chi connectivity index (χ1v) is 8.63. The van der Waals surface area contributed by atoms with Crippen molar-refractivity contribution in [2.75, 3.05) is 25.1 Å². The first kappa shape index (κ1) is 18.8. The molecule has 142 valence electrons. The van der Waals surface area contributed by atoms with Crippen molar-refractivity contribution < 1.29 is 28.9 Å². The maximum absolute atomic E-state index is 12.4. The van der Waals surface area contributed by atoms with Gasteiger partial charge in [-0.1, -0.05) is 11.6 Å². The SMILES string of the molecule is Cc1cc(OCC(=O)O)ccc1NC(=O)Cc1cc(Cl)c2c(c1)OCCO2. The van der Waals surface area contributed by atoms with Crippen LogP contribution in [0.1, 0.15) is 11.1 Å². The van der Waals surface area contributed by atoms with Crippen LogP contribution < -0.4 is 19.5 Å². The van der Waals surface area contributed by atoms with Gasteiger partial charge in [-0.3, -0.25) is 4.79 Å². The number of nitrogens with one attached hydrogen (secondary N) is 1. The van der Waals surface area contributed by atoms with Crippen LogP contribution in [0.2, 0.25) is 5.02 Å². The van der Waals surface area contributed by atoms with Crippen molar-refractivity contribution in [3.63, 3.8) is 0 Å². The Bertz CT molecular complexity index is 883. The number of carbonyl (C=O) groups is 2. The highest BCUT2D eigenvalue weighted by Gasteiger charge is 2.18. The minimum absolute atomic E-state index is 0.118. The van der Waals surface area contributed by atoms with Crippen LogP contribution in [0.25, 0.3) is 0 Å². The van der Waals surface area contributed by atoms with Gasteiger partial charge < -0.3 is 24.6 Å². The number of fused-ring (bicyclic) bond motifs is 1. The second-order valence-corrected chi connectivity index (χ2v) is 6.39. The number of benzene rings is 2. The molecule has 2 aromatic rings. The Morgan fingerprint density at radius 3 is 2.74 bits per heavy atom. The fourth-order valence-corrected chi connectivity index (χ4v) is 2.95. The fourth-order valence-electron chi connectivity index (χ4n) is 2.66. The molecule has 1 heterocycles. The lowest BCUT2D eigenvalue weighted by Gasteiger charge is -2.20. The molecule has 0 atom stereocenters. The van der Waals surface area contributed by atoms with Crippen LogP contribution in [0.15, 0.2) is 30.3 Å². The van der Waals surface area contributed by atoms with E-state index in [-0.39, 0.29) is 12.3 Å². The van der Waals surface area contributed by atoms with E-state index in [0.29, 0.717) is 46.7 Å². The van der Waals surface area contributed by atoms with Crippen molar-refractivity contribution >= 4 is 29.2 Å². The van der Waals surface area contributed by atoms with Crippen molar-refractivity contribution in [3.05, 3.63) is 46.5 Å². The van der Waals surface area contributed by atoms with Crippen molar-refractivity contribution in [3.8, 4) is 17.2 Å². The molecule has 27 heavy (non-hydrogen) atoms. The fraction of sp³-hybridized carbons (Fsp3) is 0.263. The van der Waals surface area contributed by atoms with Crippen LogP contribution in [0.4, 0.5) is 5.69 Å². The lowest BCUT2D eigenvalue weighted by Crippen LogP contribution is -2.18. The van der Waals surface area contributed by atoms with Gasteiger partial charge in [0.15, 0.2) is 18.1 Å². The summed E-state index contributed by atoms with van der Waals surface area (Å²) in [5.41, 5.74) is 2.08. The van der Waals surface area contributed by atoms with E-state index in [2.05, 4.69) is 5.32 Å². The predicted octanol–water partition coefficient (Wildman–Crippen LogP) is 3.06. The average Bonchev–Trinajstić information content (AvgIpc) is 2.62. The summed E-state index contributed by atoms with van der Waals surface area (Å²) in [6, 6.07) is 8.37. The number of hydrogen-bond donors (Lipinski definition) is 2. The van der Waals surface area contributed by atoms with E-state index < -0.39 is 12.6 Å². The van der Waals surface area contributed by atoms with Gasteiger partial charge in [0.2, 0.25) is 5.91 Å². The maximum Gasteiger partial charge on any atom is 0.341 e. The van der Waals surface area contributed by atoms with Gasteiger partial charge in [0.05, 0.1) is 11.4 Å². The highest BCUT2D eigenvalue weighted by molar-refractivity contribution is 6.32. The molecule has 3 rings (SSSR count). The minimum atomic E-state index is -1.05. The Balaban J connectivity index is 1.66. The number of halogens is 1. The quantitative estimate of drug-likeness (QED) is 0.786. The normalized spacial score (nSPS) is 12.4. The standard InChI is InChI=1S/C19H18ClNO6/c1-11-6-13(27-10-18(23)24)2-3-15(11)21-17(22)9-12-7-14(20)19-16(8-12)25-4-5-26-19/h2-3,6-8H,4-5,9-10H2,1H3,(H,21,22)(H,23,24). The summed E-state index contributed by atoms with van der Waals surface area (Å²) in [5, 5.41) is 11.9. The third-order valence-electron chi connectivity index (χ3n) is 3.86. The van der Waals surface area contributed by atoms with Crippen LogP contribution in [0.5, 0.6) is 17.2 Å². The highest BCUT2D eigenvalue weighted by atomic mass is 35.5. The molecule has 0 aliphatic carbocycles. The van der Waals surface area contributed by atoms with E-state index in [0.717, 1.165) is 5.56 Å². The Morgan fingerprint density at radius 1 is 1.22 bits per heavy atom. The van der Waals surface area contributed by atoms with E-state index >= 15 is 0 Å². The zero-order valence-corrected chi connectivity index (χ0v) is 15.3. The topological polar surface area (TPSA) is 94.1 Å². The Labute approximate surface area is 160 Å². The summed E-state index contributed by atoms with van der Waals surface area (Å²) >= 11 is 6.19. The van der Waals surface area contributed by atoms with E-state index in [4.69, 9.17) is 30.9 Å². The van der Waals surface area contributed by atoms with Crippen LogP contribution in [-0.2, 0) is 16.0 Å². The molecular formula is C19H18ClNO6. The molecule has 0 bridgehead atoms. The lowest BCUT2D eigenvalue weighted by molar-refractivity contribution is -0.139. The first-order valence-electron chi connectivity index (χ1n) is 8.25. The molecule has 0 aromatic heterocycles. The predicted molar refractivity (Wildman–Crippen MR) is 99.1 cm³/mol. The lowest BCUT2D eigenvalue weighted by atomic mass is 10.1. The summed E-state index contributed by atoms with van der Waals surface area (Å²) in [7, 11) is 0. The summed E-state index contributed by atoms with van der Waals surface area (Å²) in [5.74, 6) is 0.187. The van der Waals surface area contributed by atoms with Crippen molar-refractivity contribution in [2.24, 2.45) is 0 Å². The van der Waals surface area contributed by atoms with Crippen LogP contribution >= 0.6 is 11.6 Å². The maximum atomic E-state index is 12.4. The molecule has 8 heteroatoms. The number of aryl methyl sites for hydroxylation is 1. The van der Waals surface area contributed by atoms with Gasteiger partial charge in [0.25, 0.3) is 0 Å². The van der Waals surface area contributed by atoms with Crippen LogP contribution in [0.3, 0.4) is 0 Å². The molecule has 1 amide bonds. The van der Waals surface area contributed by atoms with Gasteiger partial charge in [0.1, 0.15) is 19.0 Å². The number of carboxylic acids is 1. The molecule has 0 fully saturated rings. The molecular weight excluding hydrogens is 374 g/mol. The second kappa shape index (κ2) is 8.18. The molecule has 1 aliphatic heterocycles. The molecule has 0 saturated carbocycles. The van der Waals surface area contributed by atoms with E-state index in [1.165, 1.54) is 0 Å². The van der Waals surface area contributed by atoms with Crippen molar-refractivity contribution in [1.82, 2.24) is 0 Å². The number of rotatable bonds is 6. The molecule has 7 nitrogen and oxygen atoms in total. The molecule has 1 aliphatic rings. The summed E-state index contributed by atoms with van der Waals surface area (Å²) in [6.45, 7) is 2.26. The third-order valence-corrected chi connectivity index (χ3v) is 4.14. The van der Waals surface area contributed by atoms with E-state index in [1.54, 1.807) is 37.3 Å². The van der Waals surface area contributed by atoms with Gasteiger partial charge in [-0.15, -0.1) is 0 Å². The van der Waals surface area contributed by atoms with Crippen LogP contribution in [0, 0.1) is 6.92 Å². The zero-order valence-electron chi connectivity index (χ0n) is 14.6. The number of anilines is 1. The number of ether oxygens (including phenoxy) is 3.